The predicted molar refractivity (Wildman–Crippen MR) is 138 cm³/mol. The van der Waals surface area contributed by atoms with Gasteiger partial charge in [0.15, 0.2) is 0 Å². The number of nitrogens with one attached hydrogen (secondary N) is 2. The molecule has 1 aliphatic heterocycles. The van der Waals surface area contributed by atoms with E-state index in [0.717, 1.165) is 48.7 Å². The molecule has 3 aromatic rings. The molecular formula is C25H30ClN5O5. The Morgan fingerprint density at radius 3 is 2.53 bits per heavy atom. The number of piperidine rings is 1. The molecule has 0 bridgehead atoms. The average molecular weight is 516 g/mol. The van der Waals surface area contributed by atoms with Gasteiger partial charge in [-0.15, -0.1) is 12.4 Å². The van der Waals surface area contributed by atoms with E-state index >= 15 is 0 Å². The summed E-state index contributed by atoms with van der Waals surface area (Å²) in [7, 11) is 3.22. The number of rotatable bonds is 9. The monoisotopic (exact) mass is 515 g/mol. The first-order chi connectivity index (χ1) is 17.0. The van der Waals surface area contributed by atoms with E-state index in [2.05, 4.69) is 15.7 Å². The molecule has 10 nitrogen and oxygen atoms in total. The molecule has 2 aromatic carbocycles. The normalized spacial score (nSPS) is 13.5. The molecule has 1 aromatic heterocycles. The molecule has 0 radical (unpaired) electrons. The number of methoxy groups -OCH3 is 2. The number of hydrogen-bond acceptors (Lipinski definition) is 7. The lowest BCUT2D eigenvalue weighted by Crippen LogP contribution is -2.31. The van der Waals surface area contributed by atoms with Crippen molar-refractivity contribution in [1.29, 1.82) is 0 Å². The fourth-order valence-electron chi connectivity index (χ4n) is 4.43. The number of carbonyl (C=O) groups excluding carboxylic acids is 1. The summed E-state index contributed by atoms with van der Waals surface area (Å²) in [6, 6.07) is 11.8. The Hall–Kier alpha value is -3.63. The van der Waals surface area contributed by atoms with Crippen molar-refractivity contribution in [2.75, 3.05) is 33.9 Å². The van der Waals surface area contributed by atoms with Crippen LogP contribution in [0.5, 0.6) is 11.5 Å². The Morgan fingerprint density at radius 1 is 1.17 bits per heavy atom. The maximum atomic E-state index is 13.2. The third-order valence-corrected chi connectivity index (χ3v) is 6.25. The summed E-state index contributed by atoms with van der Waals surface area (Å²) in [6.45, 7) is 2.12. The van der Waals surface area contributed by atoms with Crippen molar-refractivity contribution in [3.63, 3.8) is 0 Å². The van der Waals surface area contributed by atoms with Crippen molar-refractivity contribution in [3.8, 4) is 17.2 Å². The summed E-state index contributed by atoms with van der Waals surface area (Å²) in [5.74, 6) is 1.41. The highest BCUT2D eigenvalue weighted by Crippen LogP contribution is 2.31. The third kappa shape index (κ3) is 5.95. The average Bonchev–Trinajstić information content (AvgIpc) is 3.34. The molecule has 1 fully saturated rings. The summed E-state index contributed by atoms with van der Waals surface area (Å²) in [5.41, 5.74) is 2.98. The van der Waals surface area contributed by atoms with Crippen molar-refractivity contribution < 1.29 is 19.2 Å². The first-order valence-electron chi connectivity index (χ1n) is 11.5. The van der Waals surface area contributed by atoms with Crippen LogP contribution in [0.2, 0.25) is 0 Å². The number of non-ortho nitro benzene ring substituents is 1. The Kier molecular flexibility index (Phi) is 9.26. The topological polar surface area (TPSA) is 121 Å². The van der Waals surface area contributed by atoms with Crippen LogP contribution in [-0.4, -0.2) is 54.5 Å². The molecule has 0 aliphatic carbocycles. The van der Waals surface area contributed by atoms with E-state index in [9.17, 15) is 14.9 Å². The van der Waals surface area contributed by atoms with Gasteiger partial charge in [0.2, 0.25) is 0 Å². The first kappa shape index (κ1) is 27.0. The number of nitrogens with zero attached hydrogens (tertiary/aromatic N) is 3. The largest absolute Gasteiger partial charge is 0.497 e. The van der Waals surface area contributed by atoms with Gasteiger partial charge in [-0.05, 0) is 68.2 Å². The zero-order chi connectivity index (χ0) is 24.8. The van der Waals surface area contributed by atoms with Crippen molar-refractivity contribution in [3.05, 3.63) is 75.6 Å². The van der Waals surface area contributed by atoms with Gasteiger partial charge in [-0.1, -0.05) is 0 Å². The maximum absolute atomic E-state index is 13.2. The van der Waals surface area contributed by atoms with Crippen LogP contribution in [0.25, 0.3) is 5.69 Å². The van der Waals surface area contributed by atoms with Gasteiger partial charge < -0.3 is 20.1 Å². The smallest absolute Gasteiger partial charge is 0.269 e. The zero-order valence-corrected chi connectivity index (χ0v) is 21.0. The number of aromatic nitrogens is 2. The summed E-state index contributed by atoms with van der Waals surface area (Å²) in [4.78, 5) is 23.8. The minimum Gasteiger partial charge on any atom is -0.497 e. The van der Waals surface area contributed by atoms with Gasteiger partial charge in [0.1, 0.15) is 11.5 Å². The second kappa shape index (κ2) is 12.4. The van der Waals surface area contributed by atoms with E-state index in [4.69, 9.17) is 9.47 Å². The van der Waals surface area contributed by atoms with Gasteiger partial charge in [0.05, 0.1) is 42.3 Å². The molecule has 2 N–H and O–H groups in total. The van der Waals surface area contributed by atoms with Crippen LogP contribution in [0.3, 0.4) is 0 Å². The van der Waals surface area contributed by atoms with Crippen LogP contribution in [0.1, 0.15) is 40.4 Å². The Bertz CT molecular complexity index is 1190. The number of halogens is 1. The molecular weight excluding hydrogens is 486 g/mol. The highest BCUT2D eigenvalue weighted by atomic mass is 35.5. The van der Waals surface area contributed by atoms with Gasteiger partial charge in [-0.2, -0.15) is 5.10 Å². The standard InChI is InChI=1S/C25H29N5O5.ClH/c1-34-21-7-8-23(35-2)18(15-21)11-14-27-25(31)22-16-28-29(24(22)17-9-12-26-13-10-17)19-3-5-20(6-4-19)30(32)33;/h3-8,15-17,26H,9-14H2,1-2H3,(H,27,31);1H. The highest BCUT2D eigenvalue weighted by Gasteiger charge is 2.27. The van der Waals surface area contributed by atoms with E-state index in [1.165, 1.54) is 12.1 Å². The molecule has 0 saturated carbocycles. The fraction of sp³-hybridized carbons (Fsp3) is 0.360. The fourth-order valence-corrected chi connectivity index (χ4v) is 4.43. The maximum Gasteiger partial charge on any atom is 0.269 e. The lowest BCUT2D eigenvalue weighted by molar-refractivity contribution is -0.384. The molecule has 36 heavy (non-hydrogen) atoms. The summed E-state index contributed by atoms with van der Waals surface area (Å²) in [6.07, 6.45) is 3.91. The lowest BCUT2D eigenvalue weighted by atomic mass is 9.91. The molecule has 0 unspecified atom stereocenters. The minimum atomic E-state index is -0.434. The van der Waals surface area contributed by atoms with E-state index in [1.54, 1.807) is 37.2 Å². The number of nitro groups is 1. The summed E-state index contributed by atoms with van der Waals surface area (Å²) < 4.78 is 12.5. The summed E-state index contributed by atoms with van der Waals surface area (Å²) in [5, 5.41) is 21.9. The third-order valence-electron chi connectivity index (χ3n) is 6.25. The number of amides is 1. The van der Waals surface area contributed by atoms with Gasteiger partial charge in [-0.25, -0.2) is 4.68 Å². The molecule has 2 heterocycles. The molecule has 1 amide bonds. The number of nitro benzene ring substituents is 1. The molecule has 4 rings (SSSR count). The molecule has 1 saturated heterocycles. The van der Waals surface area contributed by atoms with Gasteiger partial charge in [0.25, 0.3) is 11.6 Å². The molecule has 0 atom stereocenters. The van der Waals surface area contributed by atoms with E-state index < -0.39 is 4.92 Å². The Balaban J connectivity index is 0.00000361. The second-order valence-corrected chi connectivity index (χ2v) is 8.34. The Morgan fingerprint density at radius 2 is 1.89 bits per heavy atom. The Labute approximate surface area is 215 Å². The van der Waals surface area contributed by atoms with Crippen molar-refractivity contribution in [2.45, 2.75) is 25.2 Å². The highest BCUT2D eigenvalue weighted by molar-refractivity contribution is 5.95. The SMILES string of the molecule is COc1ccc(OC)c(CCNC(=O)c2cnn(-c3ccc([N+](=O)[O-])cc3)c2C2CCNCC2)c1.Cl. The van der Waals surface area contributed by atoms with Crippen LogP contribution in [0, 0.1) is 10.1 Å². The molecule has 1 aliphatic rings. The predicted octanol–water partition coefficient (Wildman–Crippen LogP) is 3.66. The van der Waals surface area contributed by atoms with Crippen molar-refractivity contribution in [1.82, 2.24) is 20.4 Å². The van der Waals surface area contributed by atoms with Crippen LogP contribution in [0.15, 0.2) is 48.7 Å². The number of benzene rings is 2. The van der Waals surface area contributed by atoms with Crippen LogP contribution in [0.4, 0.5) is 5.69 Å². The summed E-state index contributed by atoms with van der Waals surface area (Å²) >= 11 is 0. The first-order valence-corrected chi connectivity index (χ1v) is 11.5. The van der Waals surface area contributed by atoms with Crippen LogP contribution >= 0.6 is 12.4 Å². The van der Waals surface area contributed by atoms with Gasteiger partial charge >= 0.3 is 0 Å². The minimum absolute atomic E-state index is 0. The number of ether oxygens (including phenoxy) is 2. The van der Waals surface area contributed by atoms with Gasteiger partial charge in [-0.3, -0.25) is 14.9 Å². The number of hydrogen-bond donors (Lipinski definition) is 2. The molecule has 192 valence electrons. The second-order valence-electron chi connectivity index (χ2n) is 8.34. The molecule has 0 spiro atoms. The van der Waals surface area contributed by atoms with Crippen LogP contribution < -0.4 is 20.1 Å². The lowest BCUT2D eigenvalue weighted by Gasteiger charge is -2.24. The van der Waals surface area contributed by atoms with Gasteiger partial charge in [0, 0.05) is 24.6 Å². The quantitative estimate of drug-likeness (QED) is 0.329. The van der Waals surface area contributed by atoms with E-state index in [1.807, 2.05) is 18.2 Å². The number of carbonyl (C=O) groups is 1. The van der Waals surface area contributed by atoms with Crippen molar-refractivity contribution in [2.24, 2.45) is 0 Å². The van der Waals surface area contributed by atoms with E-state index in [-0.39, 0.29) is 29.9 Å². The molecule has 11 heteroatoms. The van der Waals surface area contributed by atoms with Crippen molar-refractivity contribution >= 4 is 24.0 Å². The van der Waals surface area contributed by atoms with E-state index in [0.29, 0.717) is 24.2 Å². The van der Waals surface area contributed by atoms with Crippen LogP contribution in [-0.2, 0) is 6.42 Å². The zero-order valence-electron chi connectivity index (χ0n) is 20.2.